The van der Waals surface area contributed by atoms with E-state index in [4.69, 9.17) is 0 Å². The summed E-state index contributed by atoms with van der Waals surface area (Å²) in [6.45, 7) is 3.96. The van der Waals surface area contributed by atoms with E-state index in [1.807, 2.05) is 60.0 Å². The van der Waals surface area contributed by atoms with Gasteiger partial charge in [-0.25, -0.2) is 4.98 Å². The Balaban J connectivity index is 1.98. The molecule has 0 spiro atoms. The first-order valence-electron chi connectivity index (χ1n) is 7.03. The van der Waals surface area contributed by atoms with Crippen LogP contribution < -0.4 is 5.32 Å². The molecule has 0 atom stereocenters. The molecule has 3 aromatic rings. The number of benzene rings is 1. The highest BCUT2D eigenvalue weighted by Crippen LogP contribution is 2.18. The maximum absolute atomic E-state index is 12.5. The molecule has 4 nitrogen and oxygen atoms in total. The monoisotopic (exact) mass is 279 g/mol. The van der Waals surface area contributed by atoms with Crippen molar-refractivity contribution in [1.82, 2.24) is 9.38 Å². The van der Waals surface area contributed by atoms with Crippen LogP contribution in [0.3, 0.4) is 0 Å². The number of para-hydroxylation sites is 1. The van der Waals surface area contributed by atoms with Crippen LogP contribution in [0.5, 0.6) is 0 Å². The van der Waals surface area contributed by atoms with Gasteiger partial charge in [0.2, 0.25) is 0 Å². The number of rotatable bonds is 3. The fourth-order valence-electron chi connectivity index (χ4n) is 2.49. The van der Waals surface area contributed by atoms with Crippen LogP contribution in [0, 0.1) is 6.92 Å². The van der Waals surface area contributed by atoms with E-state index in [1.165, 1.54) is 0 Å². The zero-order valence-corrected chi connectivity index (χ0v) is 12.1. The van der Waals surface area contributed by atoms with Crippen molar-refractivity contribution in [2.45, 2.75) is 20.3 Å². The molecular formula is C17H17N3O. The van der Waals surface area contributed by atoms with Crippen molar-refractivity contribution in [3.8, 4) is 0 Å². The number of carbonyl (C=O) groups excluding carboxylic acids is 1. The quantitative estimate of drug-likeness (QED) is 0.798. The molecule has 0 radical (unpaired) electrons. The number of hydrogen-bond acceptors (Lipinski definition) is 2. The number of aryl methyl sites for hydroxylation is 2. The van der Waals surface area contributed by atoms with Gasteiger partial charge >= 0.3 is 0 Å². The van der Waals surface area contributed by atoms with E-state index in [9.17, 15) is 4.79 Å². The van der Waals surface area contributed by atoms with Crippen LogP contribution in [0.25, 0.3) is 5.52 Å². The fraction of sp³-hybridized carbons (Fsp3) is 0.176. The van der Waals surface area contributed by atoms with Crippen LogP contribution in [0.15, 0.2) is 48.7 Å². The van der Waals surface area contributed by atoms with Gasteiger partial charge in [0.05, 0.1) is 5.52 Å². The van der Waals surface area contributed by atoms with Crippen LogP contribution in [0.4, 0.5) is 5.69 Å². The molecule has 0 aliphatic rings. The topological polar surface area (TPSA) is 46.4 Å². The molecule has 0 saturated carbocycles. The van der Waals surface area contributed by atoms with E-state index < -0.39 is 0 Å². The largest absolute Gasteiger partial charge is 0.320 e. The van der Waals surface area contributed by atoms with Crippen molar-refractivity contribution < 1.29 is 4.79 Å². The summed E-state index contributed by atoms with van der Waals surface area (Å²) >= 11 is 0. The minimum Gasteiger partial charge on any atom is -0.320 e. The van der Waals surface area contributed by atoms with Crippen LogP contribution >= 0.6 is 0 Å². The molecule has 106 valence electrons. The first-order chi connectivity index (χ1) is 10.2. The van der Waals surface area contributed by atoms with Crippen LogP contribution in [-0.2, 0) is 6.42 Å². The van der Waals surface area contributed by atoms with Gasteiger partial charge in [-0.3, -0.25) is 4.79 Å². The Bertz CT molecular complexity index is 805. The number of hydrogen-bond donors (Lipinski definition) is 1. The van der Waals surface area contributed by atoms with E-state index in [1.54, 1.807) is 0 Å². The summed E-state index contributed by atoms with van der Waals surface area (Å²) < 4.78 is 1.92. The normalized spacial score (nSPS) is 10.8. The van der Waals surface area contributed by atoms with Gasteiger partial charge in [-0.15, -0.1) is 0 Å². The Hall–Kier alpha value is -2.62. The van der Waals surface area contributed by atoms with Crippen molar-refractivity contribution in [3.63, 3.8) is 0 Å². The molecule has 1 amide bonds. The number of nitrogens with zero attached hydrogens (tertiary/aromatic N) is 2. The van der Waals surface area contributed by atoms with Gasteiger partial charge in [0.25, 0.3) is 5.91 Å². The van der Waals surface area contributed by atoms with Gasteiger partial charge in [-0.2, -0.15) is 0 Å². The van der Waals surface area contributed by atoms with Gasteiger partial charge in [0.1, 0.15) is 5.82 Å². The van der Waals surface area contributed by atoms with E-state index in [2.05, 4.69) is 17.2 Å². The van der Waals surface area contributed by atoms with Gasteiger partial charge in [0.15, 0.2) is 5.69 Å². The lowest BCUT2D eigenvalue weighted by Crippen LogP contribution is -2.14. The molecule has 0 unspecified atom stereocenters. The molecule has 4 heteroatoms. The number of fused-ring (bicyclic) bond motifs is 1. The fourth-order valence-corrected chi connectivity index (χ4v) is 2.49. The third kappa shape index (κ3) is 2.40. The zero-order valence-electron chi connectivity index (χ0n) is 12.1. The predicted octanol–water partition coefficient (Wildman–Crippen LogP) is 3.46. The Kier molecular flexibility index (Phi) is 3.44. The maximum atomic E-state index is 12.5. The van der Waals surface area contributed by atoms with Crippen LogP contribution in [-0.4, -0.2) is 15.3 Å². The molecule has 0 fully saturated rings. The predicted molar refractivity (Wildman–Crippen MR) is 83.7 cm³/mol. The Morgan fingerprint density at radius 1 is 1.19 bits per heavy atom. The maximum Gasteiger partial charge on any atom is 0.276 e. The standard InChI is InChI=1S/C17H17N3O/c1-3-13-8-4-5-9-14(13)19-17(21)16-15-10-6-7-11-20(15)12(2)18-16/h4-11H,3H2,1-2H3,(H,19,21). The number of aromatic nitrogens is 2. The molecular weight excluding hydrogens is 262 g/mol. The first-order valence-corrected chi connectivity index (χ1v) is 7.03. The second-order valence-electron chi connectivity index (χ2n) is 4.93. The van der Waals surface area contributed by atoms with Crippen LogP contribution in [0.2, 0.25) is 0 Å². The number of imidazole rings is 1. The summed E-state index contributed by atoms with van der Waals surface area (Å²) in [6, 6.07) is 13.6. The number of pyridine rings is 1. The molecule has 1 N–H and O–H groups in total. The number of amides is 1. The number of anilines is 1. The smallest absolute Gasteiger partial charge is 0.276 e. The van der Waals surface area contributed by atoms with Gasteiger partial charge in [0, 0.05) is 11.9 Å². The SMILES string of the molecule is CCc1ccccc1NC(=O)c1nc(C)n2ccccc12. The third-order valence-electron chi connectivity index (χ3n) is 3.59. The zero-order chi connectivity index (χ0) is 14.8. The highest BCUT2D eigenvalue weighted by atomic mass is 16.1. The summed E-state index contributed by atoms with van der Waals surface area (Å²) in [5.74, 6) is 0.632. The molecule has 0 bridgehead atoms. The van der Waals surface area contributed by atoms with Crippen molar-refractivity contribution >= 4 is 17.1 Å². The minimum absolute atomic E-state index is 0.173. The van der Waals surface area contributed by atoms with E-state index in [0.29, 0.717) is 5.69 Å². The highest BCUT2D eigenvalue weighted by molar-refractivity contribution is 6.07. The molecule has 2 heterocycles. The second kappa shape index (κ2) is 5.40. The van der Waals surface area contributed by atoms with E-state index in [0.717, 1.165) is 29.0 Å². The lowest BCUT2D eigenvalue weighted by molar-refractivity contribution is 0.102. The van der Waals surface area contributed by atoms with Gasteiger partial charge < -0.3 is 9.72 Å². The Morgan fingerprint density at radius 2 is 1.95 bits per heavy atom. The van der Waals surface area contributed by atoms with Gasteiger partial charge in [-0.1, -0.05) is 31.2 Å². The van der Waals surface area contributed by atoms with E-state index >= 15 is 0 Å². The molecule has 21 heavy (non-hydrogen) atoms. The molecule has 1 aromatic carbocycles. The van der Waals surface area contributed by atoms with E-state index in [-0.39, 0.29) is 5.91 Å². The Labute approximate surface area is 123 Å². The lowest BCUT2D eigenvalue weighted by atomic mass is 10.1. The minimum atomic E-state index is -0.173. The third-order valence-corrected chi connectivity index (χ3v) is 3.59. The molecule has 3 rings (SSSR count). The first kappa shape index (κ1) is 13.4. The average molecular weight is 279 g/mol. The van der Waals surface area contributed by atoms with Crippen molar-refractivity contribution in [2.75, 3.05) is 5.32 Å². The second-order valence-corrected chi connectivity index (χ2v) is 4.93. The molecule has 0 saturated heterocycles. The summed E-state index contributed by atoms with van der Waals surface area (Å²) in [7, 11) is 0. The summed E-state index contributed by atoms with van der Waals surface area (Å²) in [5, 5.41) is 2.97. The van der Waals surface area contributed by atoms with Crippen molar-refractivity contribution in [2.24, 2.45) is 0 Å². The summed E-state index contributed by atoms with van der Waals surface area (Å²) in [6.07, 6.45) is 2.79. The summed E-state index contributed by atoms with van der Waals surface area (Å²) in [4.78, 5) is 16.9. The van der Waals surface area contributed by atoms with Crippen molar-refractivity contribution in [3.05, 3.63) is 65.7 Å². The summed E-state index contributed by atoms with van der Waals surface area (Å²) in [5.41, 5.74) is 3.24. The molecule has 0 aliphatic carbocycles. The average Bonchev–Trinajstić information content (AvgIpc) is 2.86. The van der Waals surface area contributed by atoms with Crippen LogP contribution in [0.1, 0.15) is 28.8 Å². The highest BCUT2D eigenvalue weighted by Gasteiger charge is 2.16. The molecule has 0 aliphatic heterocycles. The number of nitrogens with one attached hydrogen (secondary N) is 1. The Morgan fingerprint density at radius 3 is 2.76 bits per heavy atom. The van der Waals surface area contributed by atoms with Crippen molar-refractivity contribution in [1.29, 1.82) is 0 Å². The number of carbonyl (C=O) groups is 1. The molecule has 2 aromatic heterocycles. The lowest BCUT2D eigenvalue weighted by Gasteiger charge is -2.08. The van der Waals surface area contributed by atoms with Gasteiger partial charge in [-0.05, 0) is 37.1 Å².